The molecule has 0 fully saturated rings. The molecule has 0 aliphatic heterocycles. The second-order valence-corrected chi connectivity index (χ2v) is 8.31. The van der Waals surface area contributed by atoms with Gasteiger partial charge in [0.1, 0.15) is 0 Å². The average Bonchev–Trinajstić information content (AvgIpc) is 2.74. The third-order valence-corrected chi connectivity index (χ3v) is 6.44. The minimum absolute atomic E-state index is 0.00708. The monoisotopic (exact) mass is 458 g/mol. The molecule has 0 radical (unpaired) electrons. The van der Waals surface area contributed by atoms with Crippen LogP contribution in [0.15, 0.2) is 41.3 Å². The van der Waals surface area contributed by atoms with Crippen LogP contribution in [0.25, 0.3) is 0 Å². The molecular formula is C20H21F3N2O5S. The summed E-state index contributed by atoms with van der Waals surface area (Å²) in [4.78, 5) is 24.3. The molecule has 2 aromatic carbocycles. The fraction of sp³-hybridized carbons (Fsp3) is 0.300. The van der Waals surface area contributed by atoms with Gasteiger partial charge in [-0.05, 0) is 43.3 Å². The van der Waals surface area contributed by atoms with Crippen LogP contribution in [0.1, 0.15) is 31.1 Å². The first-order valence-electron chi connectivity index (χ1n) is 9.28. The highest BCUT2D eigenvalue weighted by atomic mass is 32.2. The highest BCUT2D eigenvalue weighted by Gasteiger charge is 2.24. The van der Waals surface area contributed by atoms with Gasteiger partial charge in [0.2, 0.25) is 10.0 Å². The lowest BCUT2D eigenvalue weighted by Gasteiger charge is -2.18. The molecule has 1 atom stereocenters. The van der Waals surface area contributed by atoms with Crippen LogP contribution in [0.3, 0.4) is 0 Å². The topological polar surface area (TPSA) is 92.8 Å². The first kappa shape index (κ1) is 24.4. The molecular weight excluding hydrogens is 437 g/mol. The van der Waals surface area contributed by atoms with Crippen molar-refractivity contribution in [3.63, 3.8) is 0 Å². The molecule has 2 aromatic rings. The van der Waals surface area contributed by atoms with Gasteiger partial charge in [0, 0.05) is 13.1 Å². The molecule has 0 aliphatic rings. The Kier molecular flexibility index (Phi) is 7.80. The van der Waals surface area contributed by atoms with Crippen molar-refractivity contribution >= 4 is 27.6 Å². The van der Waals surface area contributed by atoms with Gasteiger partial charge in [-0.3, -0.25) is 4.79 Å². The maximum absolute atomic E-state index is 13.7. The molecule has 1 unspecified atom stereocenters. The predicted molar refractivity (Wildman–Crippen MR) is 106 cm³/mol. The molecule has 31 heavy (non-hydrogen) atoms. The van der Waals surface area contributed by atoms with E-state index in [0.29, 0.717) is 6.07 Å². The molecule has 1 N–H and O–H groups in total. The zero-order chi connectivity index (χ0) is 23.3. The maximum atomic E-state index is 13.7. The molecule has 1 amide bonds. The van der Waals surface area contributed by atoms with E-state index in [1.54, 1.807) is 13.8 Å². The molecule has 0 bridgehead atoms. The number of anilines is 1. The number of carbonyl (C=O) groups excluding carboxylic acids is 2. The van der Waals surface area contributed by atoms with Crippen molar-refractivity contribution in [2.45, 2.75) is 31.8 Å². The largest absolute Gasteiger partial charge is 0.449 e. The van der Waals surface area contributed by atoms with Crippen molar-refractivity contribution in [2.75, 3.05) is 18.4 Å². The van der Waals surface area contributed by atoms with Crippen LogP contribution >= 0.6 is 0 Å². The van der Waals surface area contributed by atoms with E-state index in [4.69, 9.17) is 4.74 Å². The Morgan fingerprint density at radius 3 is 2.13 bits per heavy atom. The van der Waals surface area contributed by atoms with Crippen molar-refractivity contribution in [1.29, 1.82) is 0 Å². The number of nitrogens with zero attached hydrogens (tertiary/aromatic N) is 1. The Balaban J connectivity index is 2.07. The Morgan fingerprint density at radius 1 is 1.00 bits per heavy atom. The first-order valence-corrected chi connectivity index (χ1v) is 10.7. The summed E-state index contributed by atoms with van der Waals surface area (Å²) in [5, 5.41) is 2.01. The van der Waals surface area contributed by atoms with Gasteiger partial charge in [0.05, 0.1) is 16.1 Å². The Hall–Kier alpha value is -2.92. The van der Waals surface area contributed by atoms with Gasteiger partial charge in [-0.25, -0.2) is 26.4 Å². The molecule has 11 heteroatoms. The van der Waals surface area contributed by atoms with Crippen LogP contribution in [-0.2, 0) is 19.6 Å². The second-order valence-electron chi connectivity index (χ2n) is 6.37. The maximum Gasteiger partial charge on any atom is 0.338 e. The number of nitrogens with one attached hydrogen (secondary N) is 1. The molecule has 0 heterocycles. The summed E-state index contributed by atoms with van der Waals surface area (Å²) in [6.07, 6.45) is -1.40. The molecule has 168 valence electrons. The Labute approximate surface area is 177 Å². The van der Waals surface area contributed by atoms with Crippen molar-refractivity contribution in [1.82, 2.24) is 4.31 Å². The highest BCUT2D eigenvalue weighted by molar-refractivity contribution is 7.89. The van der Waals surface area contributed by atoms with Crippen LogP contribution in [0.2, 0.25) is 0 Å². The molecule has 7 nitrogen and oxygen atoms in total. The summed E-state index contributed by atoms with van der Waals surface area (Å²) in [7, 11) is -3.70. The quantitative estimate of drug-likeness (QED) is 0.484. The average molecular weight is 458 g/mol. The number of hydrogen-bond acceptors (Lipinski definition) is 5. The second kappa shape index (κ2) is 9.92. The summed E-state index contributed by atoms with van der Waals surface area (Å²) in [6.45, 7) is 5.17. The third-order valence-electron chi connectivity index (χ3n) is 4.38. The summed E-state index contributed by atoms with van der Waals surface area (Å²) in [6, 6.07) is 6.42. The number of halogens is 3. The normalized spacial score (nSPS) is 12.5. The van der Waals surface area contributed by atoms with E-state index in [-0.39, 0.29) is 23.5 Å². The molecule has 0 saturated carbocycles. The smallest absolute Gasteiger partial charge is 0.338 e. The fourth-order valence-corrected chi connectivity index (χ4v) is 4.07. The summed E-state index contributed by atoms with van der Waals surface area (Å²) in [5.74, 6) is -6.65. The number of rotatable bonds is 8. The van der Waals surface area contributed by atoms with Crippen LogP contribution < -0.4 is 5.32 Å². The van der Waals surface area contributed by atoms with E-state index in [1.165, 1.54) is 35.5 Å². The van der Waals surface area contributed by atoms with E-state index in [0.717, 1.165) is 6.07 Å². The van der Waals surface area contributed by atoms with Crippen LogP contribution in [0.5, 0.6) is 0 Å². The molecule has 0 spiro atoms. The SMILES string of the molecule is CCN(CC)S(=O)(=O)c1ccc(C(=O)OC(C)C(=O)Nc2ccc(F)c(F)c2F)cc1. The minimum atomic E-state index is -3.70. The number of esters is 1. The van der Waals surface area contributed by atoms with Gasteiger partial charge < -0.3 is 10.1 Å². The molecule has 0 aliphatic carbocycles. The van der Waals surface area contributed by atoms with Crippen molar-refractivity contribution in [2.24, 2.45) is 0 Å². The standard InChI is InChI=1S/C20H21F3N2O5S/c1-4-25(5-2)31(28,29)14-8-6-13(7-9-14)20(27)30-12(3)19(26)24-16-11-10-15(21)17(22)18(16)23/h6-12H,4-5H2,1-3H3,(H,24,26). The van der Waals surface area contributed by atoms with E-state index in [9.17, 15) is 31.2 Å². The minimum Gasteiger partial charge on any atom is -0.449 e. The van der Waals surface area contributed by atoms with Gasteiger partial charge in [-0.2, -0.15) is 4.31 Å². The zero-order valence-electron chi connectivity index (χ0n) is 17.0. The van der Waals surface area contributed by atoms with Gasteiger partial charge in [0.25, 0.3) is 5.91 Å². The highest BCUT2D eigenvalue weighted by Crippen LogP contribution is 2.20. The third kappa shape index (κ3) is 5.42. The zero-order valence-corrected chi connectivity index (χ0v) is 17.8. The summed E-state index contributed by atoms with van der Waals surface area (Å²) in [5.41, 5.74) is -0.630. The number of hydrogen-bond donors (Lipinski definition) is 1. The first-order chi connectivity index (χ1) is 14.5. The van der Waals surface area contributed by atoms with Gasteiger partial charge in [0.15, 0.2) is 23.6 Å². The summed E-state index contributed by atoms with van der Waals surface area (Å²) >= 11 is 0. The van der Waals surface area contributed by atoms with Crippen LogP contribution in [0, 0.1) is 17.5 Å². The lowest BCUT2D eigenvalue weighted by Crippen LogP contribution is -2.31. The van der Waals surface area contributed by atoms with Crippen molar-refractivity contribution in [3.8, 4) is 0 Å². The van der Waals surface area contributed by atoms with Crippen molar-refractivity contribution in [3.05, 3.63) is 59.4 Å². The lowest BCUT2D eigenvalue weighted by molar-refractivity contribution is -0.123. The number of ether oxygens (including phenoxy) is 1. The van der Waals surface area contributed by atoms with E-state index in [2.05, 4.69) is 0 Å². The number of benzene rings is 2. The molecule has 0 saturated heterocycles. The number of sulfonamides is 1. The predicted octanol–water partition coefficient (Wildman–Crippen LogP) is 3.32. The van der Waals surface area contributed by atoms with Gasteiger partial charge in [-0.15, -0.1) is 0 Å². The Bertz CT molecular complexity index is 1070. The number of amides is 1. The van der Waals surface area contributed by atoms with Crippen molar-refractivity contribution < 1.29 is 35.9 Å². The Morgan fingerprint density at radius 2 is 1.58 bits per heavy atom. The van der Waals surface area contributed by atoms with Crippen LogP contribution in [0.4, 0.5) is 18.9 Å². The lowest BCUT2D eigenvalue weighted by atomic mass is 10.2. The number of carbonyl (C=O) groups is 2. The van der Waals surface area contributed by atoms with Crippen LogP contribution in [-0.4, -0.2) is 43.8 Å². The fourth-order valence-electron chi connectivity index (χ4n) is 2.61. The summed E-state index contributed by atoms with van der Waals surface area (Å²) < 4.78 is 71.0. The van der Waals surface area contributed by atoms with E-state index in [1.807, 2.05) is 5.32 Å². The van der Waals surface area contributed by atoms with E-state index >= 15 is 0 Å². The van der Waals surface area contributed by atoms with E-state index < -0.39 is 51.1 Å². The molecule has 0 aromatic heterocycles. The molecule has 2 rings (SSSR count). The van der Waals surface area contributed by atoms with Gasteiger partial charge >= 0.3 is 5.97 Å². The van der Waals surface area contributed by atoms with Gasteiger partial charge in [-0.1, -0.05) is 13.8 Å².